The molecule has 120 valence electrons. The molecule has 0 saturated heterocycles. The Morgan fingerprint density at radius 3 is 2.57 bits per heavy atom. The molecular formula is C16H14ClFN2O2S. The Hall–Kier alpha value is -1.94. The minimum Gasteiger partial charge on any atom is -0.212 e. The third kappa shape index (κ3) is 4.29. The fourth-order valence-corrected chi connectivity index (χ4v) is 3.48. The van der Waals surface area contributed by atoms with Crippen LogP contribution in [0.2, 0.25) is 5.02 Å². The highest BCUT2D eigenvalue weighted by atomic mass is 35.5. The van der Waals surface area contributed by atoms with Gasteiger partial charge in [-0.15, -0.1) is 0 Å². The molecule has 2 aromatic rings. The molecule has 0 aromatic heterocycles. The maximum atomic E-state index is 13.0. The first kappa shape index (κ1) is 17.4. The molecule has 0 amide bonds. The van der Waals surface area contributed by atoms with Crippen molar-refractivity contribution in [2.24, 2.45) is 0 Å². The van der Waals surface area contributed by atoms with Gasteiger partial charge in [0.2, 0.25) is 10.0 Å². The van der Waals surface area contributed by atoms with Crippen molar-refractivity contribution in [3.8, 4) is 6.07 Å². The summed E-state index contributed by atoms with van der Waals surface area (Å²) in [5.41, 5.74) is 1.27. The Morgan fingerprint density at radius 2 is 1.91 bits per heavy atom. The first-order valence-corrected chi connectivity index (χ1v) is 8.68. The molecule has 23 heavy (non-hydrogen) atoms. The van der Waals surface area contributed by atoms with Crippen LogP contribution in [-0.2, 0) is 22.3 Å². The van der Waals surface area contributed by atoms with Crippen LogP contribution in [0.3, 0.4) is 0 Å². The van der Waals surface area contributed by atoms with Crippen LogP contribution in [0.5, 0.6) is 0 Å². The van der Waals surface area contributed by atoms with Crippen molar-refractivity contribution in [2.45, 2.75) is 12.3 Å². The number of nitriles is 1. The molecule has 4 nitrogen and oxygen atoms in total. The Morgan fingerprint density at radius 1 is 1.22 bits per heavy atom. The maximum absolute atomic E-state index is 13.0. The largest absolute Gasteiger partial charge is 0.218 e. The van der Waals surface area contributed by atoms with Gasteiger partial charge in [-0.25, -0.2) is 17.1 Å². The van der Waals surface area contributed by atoms with Crippen LogP contribution in [0.25, 0.3) is 0 Å². The van der Waals surface area contributed by atoms with E-state index < -0.39 is 15.8 Å². The predicted molar refractivity (Wildman–Crippen MR) is 86.7 cm³/mol. The molecule has 0 unspecified atom stereocenters. The summed E-state index contributed by atoms with van der Waals surface area (Å²) in [4.78, 5) is 0. The van der Waals surface area contributed by atoms with Crippen molar-refractivity contribution < 1.29 is 12.8 Å². The fourth-order valence-electron chi connectivity index (χ4n) is 2.05. The van der Waals surface area contributed by atoms with Gasteiger partial charge in [-0.2, -0.15) is 5.26 Å². The zero-order valence-corrected chi connectivity index (χ0v) is 13.9. The van der Waals surface area contributed by atoms with Crippen molar-refractivity contribution in [3.63, 3.8) is 0 Å². The minimum atomic E-state index is -3.64. The molecule has 0 bridgehead atoms. The van der Waals surface area contributed by atoms with Gasteiger partial charge in [-0.1, -0.05) is 35.9 Å². The molecule has 0 fully saturated rings. The summed E-state index contributed by atoms with van der Waals surface area (Å²) in [6.07, 6.45) is 0. The third-order valence-corrected chi connectivity index (χ3v) is 5.47. The van der Waals surface area contributed by atoms with Gasteiger partial charge in [0, 0.05) is 18.6 Å². The second-order valence-corrected chi connectivity index (χ2v) is 7.50. The average Bonchev–Trinajstić information content (AvgIpc) is 2.50. The smallest absolute Gasteiger partial charge is 0.212 e. The van der Waals surface area contributed by atoms with Crippen molar-refractivity contribution in [1.82, 2.24) is 4.31 Å². The van der Waals surface area contributed by atoms with Crippen molar-refractivity contribution in [1.29, 1.82) is 5.26 Å². The van der Waals surface area contributed by atoms with Gasteiger partial charge in [0.25, 0.3) is 0 Å². The molecule has 0 aliphatic heterocycles. The molecule has 0 N–H and O–H groups in total. The molecule has 0 atom stereocenters. The van der Waals surface area contributed by atoms with Gasteiger partial charge in [0.15, 0.2) is 0 Å². The fraction of sp³-hybridized carbons (Fsp3) is 0.188. The van der Waals surface area contributed by atoms with Crippen LogP contribution in [0, 0.1) is 17.1 Å². The van der Waals surface area contributed by atoms with E-state index in [0.717, 1.165) is 10.4 Å². The zero-order valence-electron chi connectivity index (χ0n) is 12.3. The lowest BCUT2D eigenvalue weighted by Gasteiger charge is -2.18. The lowest BCUT2D eigenvalue weighted by atomic mass is 10.1. The molecule has 2 aromatic carbocycles. The molecule has 0 spiro atoms. The number of sulfonamides is 1. The highest BCUT2D eigenvalue weighted by Crippen LogP contribution is 2.21. The third-order valence-electron chi connectivity index (χ3n) is 3.36. The Kier molecular flexibility index (Phi) is 5.37. The summed E-state index contributed by atoms with van der Waals surface area (Å²) in [6.45, 7) is 0.0240. The van der Waals surface area contributed by atoms with Crippen molar-refractivity contribution >= 4 is 21.6 Å². The summed E-state index contributed by atoms with van der Waals surface area (Å²) in [7, 11) is -2.22. The van der Waals surface area contributed by atoms with Crippen molar-refractivity contribution in [3.05, 3.63) is 70.0 Å². The van der Waals surface area contributed by atoms with Crippen LogP contribution in [0.15, 0.2) is 42.5 Å². The lowest BCUT2D eigenvalue weighted by Crippen LogP contribution is -2.28. The predicted octanol–water partition coefficient (Wildman–Crippen LogP) is 3.31. The molecule has 0 aliphatic carbocycles. The van der Waals surface area contributed by atoms with Gasteiger partial charge in [0.05, 0.1) is 17.4 Å². The van der Waals surface area contributed by atoms with Crippen LogP contribution >= 0.6 is 11.6 Å². The summed E-state index contributed by atoms with van der Waals surface area (Å²) >= 11 is 5.93. The van der Waals surface area contributed by atoms with E-state index in [1.165, 1.54) is 19.2 Å². The van der Waals surface area contributed by atoms with Gasteiger partial charge in [-0.3, -0.25) is 0 Å². The van der Waals surface area contributed by atoms with E-state index in [9.17, 15) is 12.8 Å². The van der Waals surface area contributed by atoms with E-state index in [1.54, 1.807) is 24.3 Å². The molecule has 7 heteroatoms. The van der Waals surface area contributed by atoms with Gasteiger partial charge in [0.1, 0.15) is 5.82 Å². The standard InChI is InChI=1S/C16H14ClFN2O2S/c1-20(10-13-6-7-15(18)8-16(13)17)23(21,22)11-14-5-3-2-4-12(14)9-19/h2-8H,10-11H2,1H3. The summed E-state index contributed by atoms with van der Waals surface area (Å²) in [5.74, 6) is -0.765. The molecule has 0 aliphatic rings. The van der Waals surface area contributed by atoms with E-state index in [2.05, 4.69) is 0 Å². The second-order valence-electron chi connectivity index (χ2n) is 5.02. The van der Waals surface area contributed by atoms with E-state index >= 15 is 0 Å². The number of rotatable bonds is 5. The number of halogens is 2. The van der Waals surface area contributed by atoms with Crippen molar-refractivity contribution in [2.75, 3.05) is 7.05 Å². The Labute approximate surface area is 139 Å². The lowest BCUT2D eigenvalue weighted by molar-refractivity contribution is 0.465. The normalized spacial score (nSPS) is 11.4. The first-order valence-electron chi connectivity index (χ1n) is 6.69. The second kappa shape index (κ2) is 7.09. The number of hydrogen-bond donors (Lipinski definition) is 0. The van der Waals surface area contributed by atoms with E-state index in [4.69, 9.17) is 16.9 Å². The van der Waals surface area contributed by atoms with E-state index in [0.29, 0.717) is 16.7 Å². The Bertz CT molecular complexity index is 863. The molecular weight excluding hydrogens is 339 g/mol. The SMILES string of the molecule is CN(Cc1ccc(F)cc1Cl)S(=O)(=O)Cc1ccccc1C#N. The zero-order chi connectivity index (χ0) is 17.0. The quantitative estimate of drug-likeness (QED) is 0.829. The van der Waals surface area contributed by atoms with E-state index in [-0.39, 0.29) is 17.3 Å². The van der Waals surface area contributed by atoms with Crippen LogP contribution in [-0.4, -0.2) is 19.8 Å². The summed E-state index contributed by atoms with van der Waals surface area (Å²) < 4.78 is 39.1. The Balaban J connectivity index is 2.20. The van der Waals surface area contributed by atoms with Gasteiger partial charge < -0.3 is 0 Å². The van der Waals surface area contributed by atoms with Crippen LogP contribution in [0.1, 0.15) is 16.7 Å². The molecule has 0 heterocycles. The highest BCUT2D eigenvalue weighted by molar-refractivity contribution is 7.88. The van der Waals surface area contributed by atoms with Crippen LogP contribution in [0.4, 0.5) is 4.39 Å². The van der Waals surface area contributed by atoms with Gasteiger partial charge >= 0.3 is 0 Å². The molecule has 2 rings (SSSR count). The van der Waals surface area contributed by atoms with Gasteiger partial charge in [-0.05, 0) is 29.3 Å². The number of nitrogens with zero attached hydrogens (tertiary/aromatic N) is 2. The summed E-state index contributed by atoms with van der Waals surface area (Å²) in [6, 6.07) is 12.3. The topological polar surface area (TPSA) is 61.2 Å². The van der Waals surface area contributed by atoms with E-state index in [1.807, 2.05) is 6.07 Å². The average molecular weight is 353 g/mol. The first-order chi connectivity index (χ1) is 10.8. The molecule has 0 saturated carbocycles. The number of hydrogen-bond acceptors (Lipinski definition) is 3. The highest BCUT2D eigenvalue weighted by Gasteiger charge is 2.21. The molecule has 0 radical (unpaired) electrons. The minimum absolute atomic E-state index is 0.0240. The van der Waals surface area contributed by atoms with Crippen LogP contribution < -0.4 is 0 Å². The monoisotopic (exact) mass is 352 g/mol. The maximum Gasteiger partial charge on any atom is 0.218 e. The number of benzene rings is 2. The summed E-state index contributed by atoms with van der Waals surface area (Å²) in [5, 5.41) is 9.21.